The fourth-order valence-electron chi connectivity index (χ4n) is 1.64. The van der Waals surface area contributed by atoms with Gasteiger partial charge in [-0.1, -0.05) is 12.1 Å². The van der Waals surface area contributed by atoms with Crippen molar-refractivity contribution in [2.24, 2.45) is 0 Å². The molecule has 21 heavy (non-hydrogen) atoms. The highest BCUT2D eigenvalue weighted by atomic mass is 19.1. The Bertz CT molecular complexity index is 523. The van der Waals surface area contributed by atoms with E-state index in [1.807, 2.05) is 0 Å². The van der Waals surface area contributed by atoms with Crippen molar-refractivity contribution in [3.05, 3.63) is 29.8 Å². The van der Waals surface area contributed by atoms with E-state index >= 15 is 0 Å². The van der Waals surface area contributed by atoms with E-state index in [1.54, 1.807) is 24.3 Å². The number of halogens is 1. The number of ether oxygens (including phenoxy) is 2. The number of hydrogen-bond donors (Lipinski definition) is 0. The lowest BCUT2D eigenvalue weighted by molar-refractivity contribution is -0.123. The van der Waals surface area contributed by atoms with Crippen molar-refractivity contribution in [1.29, 1.82) is 0 Å². The number of alkyl halides is 1. The lowest BCUT2D eigenvalue weighted by atomic mass is 10.1. The van der Waals surface area contributed by atoms with Crippen LogP contribution in [0.3, 0.4) is 0 Å². The first-order chi connectivity index (χ1) is 10.1. The van der Waals surface area contributed by atoms with Crippen molar-refractivity contribution >= 4 is 17.6 Å². The molecule has 1 aromatic carbocycles. The van der Waals surface area contributed by atoms with Crippen molar-refractivity contribution in [2.75, 3.05) is 20.4 Å². The molecule has 0 saturated heterocycles. The van der Waals surface area contributed by atoms with Crippen LogP contribution in [0.2, 0.25) is 0 Å². The van der Waals surface area contributed by atoms with Gasteiger partial charge in [0.15, 0.2) is 17.3 Å². The zero-order chi connectivity index (χ0) is 15.7. The predicted molar refractivity (Wildman–Crippen MR) is 78.4 cm³/mol. The number of ketones is 2. The number of hydrogen-bond acceptors (Lipinski definition) is 4. The molecule has 0 bridgehead atoms. The Kier molecular flexibility index (Phi) is 7.15. The molecular formula is C16H19FO4. The molecule has 0 aromatic heterocycles. The van der Waals surface area contributed by atoms with Crippen LogP contribution in [0.15, 0.2) is 24.3 Å². The Hall–Kier alpha value is -2.17. The zero-order valence-corrected chi connectivity index (χ0v) is 12.2. The molecule has 1 rings (SSSR count). The second-order valence-electron chi connectivity index (χ2n) is 4.48. The van der Waals surface area contributed by atoms with Crippen molar-refractivity contribution in [2.45, 2.75) is 19.8 Å². The molecule has 0 radical (unpaired) electrons. The van der Waals surface area contributed by atoms with E-state index < -0.39 is 6.67 Å². The third-order valence-electron chi connectivity index (χ3n) is 2.61. The van der Waals surface area contributed by atoms with Crippen molar-refractivity contribution in [3.8, 4) is 11.5 Å². The van der Waals surface area contributed by atoms with Crippen LogP contribution >= 0.6 is 0 Å². The van der Waals surface area contributed by atoms with E-state index in [2.05, 4.69) is 0 Å². The molecule has 4 nitrogen and oxygen atoms in total. The minimum Gasteiger partial charge on any atom is -0.493 e. The highest BCUT2D eigenvalue weighted by Crippen LogP contribution is 2.28. The smallest absolute Gasteiger partial charge is 0.163 e. The van der Waals surface area contributed by atoms with Crippen LogP contribution in [0.25, 0.3) is 6.08 Å². The minimum absolute atomic E-state index is 0.0991. The standard InChI is InChI=1S/C16H19FO4/c1-12(18)10-14(19)6-4-13-5-7-15(16(11-13)20-2)21-9-3-8-17/h4-7,11H,3,8-10H2,1-2H3/b6-4+. The molecule has 0 unspecified atom stereocenters. The van der Waals surface area contributed by atoms with Crippen molar-refractivity contribution < 1.29 is 23.5 Å². The molecule has 0 aliphatic rings. The highest BCUT2D eigenvalue weighted by molar-refractivity contribution is 6.05. The molecule has 1 aromatic rings. The van der Waals surface area contributed by atoms with Gasteiger partial charge < -0.3 is 9.47 Å². The van der Waals surface area contributed by atoms with Gasteiger partial charge >= 0.3 is 0 Å². The van der Waals surface area contributed by atoms with Crippen LogP contribution in [-0.4, -0.2) is 32.0 Å². The molecule has 0 spiro atoms. The first kappa shape index (κ1) is 16.9. The van der Waals surface area contributed by atoms with Gasteiger partial charge in [-0.15, -0.1) is 0 Å². The fraction of sp³-hybridized carbons (Fsp3) is 0.375. The molecule has 0 heterocycles. The van der Waals surface area contributed by atoms with Crippen LogP contribution in [0.5, 0.6) is 11.5 Å². The number of benzene rings is 1. The maximum atomic E-state index is 12.0. The second-order valence-corrected chi connectivity index (χ2v) is 4.48. The first-order valence-electron chi connectivity index (χ1n) is 6.64. The summed E-state index contributed by atoms with van der Waals surface area (Å²) in [5.41, 5.74) is 0.751. The quantitative estimate of drug-likeness (QED) is 0.399. The van der Waals surface area contributed by atoms with E-state index in [4.69, 9.17) is 9.47 Å². The van der Waals surface area contributed by atoms with Gasteiger partial charge in [-0.3, -0.25) is 14.0 Å². The zero-order valence-electron chi connectivity index (χ0n) is 12.2. The number of carbonyl (C=O) groups excluding carboxylic acids is 2. The number of Topliss-reactive ketones (excluding diaryl/α,β-unsaturated/α-hetero) is 1. The summed E-state index contributed by atoms with van der Waals surface area (Å²) in [6.07, 6.45) is 3.20. The van der Waals surface area contributed by atoms with E-state index in [0.717, 1.165) is 5.56 Å². The van der Waals surface area contributed by atoms with Crippen LogP contribution in [0.4, 0.5) is 4.39 Å². The Morgan fingerprint density at radius 1 is 1.29 bits per heavy atom. The average molecular weight is 294 g/mol. The lowest BCUT2D eigenvalue weighted by Gasteiger charge is -2.10. The molecule has 0 aliphatic carbocycles. The number of carbonyl (C=O) groups is 2. The Morgan fingerprint density at radius 3 is 2.67 bits per heavy atom. The predicted octanol–water partition coefficient (Wildman–Crippen LogP) is 3.00. The van der Waals surface area contributed by atoms with E-state index in [9.17, 15) is 14.0 Å². The maximum absolute atomic E-state index is 12.0. The lowest BCUT2D eigenvalue weighted by Crippen LogP contribution is -2.01. The normalized spacial score (nSPS) is 10.6. The third-order valence-corrected chi connectivity index (χ3v) is 2.61. The fourth-order valence-corrected chi connectivity index (χ4v) is 1.64. The molecule has 0 aliphatic heterocycles. The van der Waals surface area contributed by atoms with Crippen LogP contribution in [0.1, 0.15) is 25.3 Å². The van der Waals surface area contributed by atoms with Gasteiger partial charge in [0.05, 0.1) is 26.8 Å². The van der Waals surface area contributed by atoms with E-state index in [1.165, 1.54) is 20.1 Å². The molecule has 0 saturated carbocycles. The summed E-state index contributed by atoms with van der Waals surface area (Å²) in [4.78, 5) is 22.2. The summed E-state index contributed by atoms with van der Waals surface area (Å²) in [5, 5.41) is 0. The first-order valence-corrected chi connectivity index (χ1v) is 6.64. The number of allylic oxidation sites excluding steroid dienone is 1. The topological polar surface area (TPSA) is 52.6 Å². The minimum atomic E-state index is -0.429. The third kappa shape index (κ3) is 6.21. The summed E-state index contributed by atoms with van der Waals surface area (Å²) >= 11 is 0. The second kappa shape index (κ2) is 8.89. The largest absolute Gasteiger partial charge is 0.493 e. The highest BCUT2D eigenvalue weighted by Gasteiger charge is 2.05. The molecule has 0 amide bonds. The molecule has 0 atom stereocenters. The van der Waals surface area contributed by atoms with Crippen LogP contribution < -0.4 is 9.47 Å². The number of rotatable bonds is 9. The van der Waals surface area contributed by atoms with Gasteiger partial charge in [-0.05, 0) is 30.7 Å². The monoisotopic (exact) mass is 294 g/mol. The van der Waals surface area contributed by atoms with Gasteiger partial charge in [0, 0.05) is 6.42 Å². The average Bonchev–Trinajstić information content (AvgIpc) is 2.45. The van der Waals surface area contributed by atoms with Gasteiger partial charge in [0.2, 0.25) is 0 Å². The van der Waals surface area contributed by atoms with Gasteiger partial charge in [-0.2, -0.15) is 0 Å². The Balaban J connectivity index is 2.74. The Morgan fingerprint density at radius 2 is 2.05 bits per heavy atom. The maximum Gasteiger partial charge on any atom is 0.163 e. The summed E-state index contributed by atoms with van der Waals surface area (Å²) < 4.78 is 22.6. The summed E-state index contributed by atoms with van der Waals surface area (Å²) in [7, 11) is 1.51. The van der Waals surface area contributed by atoms with Gasteiger partial charge in [0.25, 0.3) is 0 Å². The summed E-state index contributed by atoms with van der Waals surface area (Å²) in [6.45, 7) is 1.22. The van der Waals surface area contributed by atoms with Crippen LogP contribution in [0, 0.1) is 0 Å². The van der Waals surface area contributed by atoms with Crippen LogP contribution in [-0.2, 0) is 9.59 Å². The van der Waals surface area contributed by atoms with E-state index in [0.29, 0.717) is 17.9 Å². The Labute approximate surface area is 123 Å². The molecular weight excluding hydrogens is 275 g/mol. The molecule has 5 heteroatoms. The molecule has 0 fully saturated rings. The van der Waals surface area contributed by atoms with Crippen molar-refractivity contribution in [1.82, 2.24) is 0 Å². The summed E-state index contributed by atoms with van der Waals surface area (Å²) in [6, 6.07) is 5.17. The molecule has 114 valence electrons. The van der Waals surface area contributed by atoms with Gasteiger partial charge in [0.1, 0.15) is 5.78 Å². The van der Waals surface area contributed by atoms with E-state index in [-0.39, 0.29) is 24.6 Å². The molecule has 0 N–H and O–H groups in total. The van der Waals surface area contributed by atoms with Gasteiger partial charge in [-0.25, -0.2) is 0 Å². The number of methoxy groups -OCH3 is 1. The SMILES string of the molecule is COc1cc(/C=C/C(=O)CC(C)=O)ccc1OCCCF. The van der Waals surface area contributed by atoms with Crippen molar-refractivity contribution in [3.63, 3.8) is 0 Å². The summed E-state index contributed by atoms with van der Waals surface area (Å²) in [5.74, 6) is 0.622.